The van der Waals surface area contributed by atoms with E-state index in [1.165, 1.54) is 4.90 Å². The van der Waals surface area contributed by atoms with E-state index in [1.54, 1.807) is 29.2 Å². The predicted molar refractivity (Wildman–Crippen MR) is 115 cm³/mol. The molecule has 0 aromatic heterocycles. The molecular weight excluding hydrogens is 460 g/mol. The van der Waals surface area contributed by atoms with E-state index in [0.29, 0.717) is 47.9 Å². The van der Waals surface area contributed by atoms with E-state index in [-0.39, 0.29) is 29.7 Å². The Morgan fingerprint density at radius 2 is 2.07 bits per heavy atom. The number of morpholine rings is 1. The van der Waals surface area contributed by atoms with Crippen molar-refractivity contribution in [1.29, 1.82) is 0 Å². The van der Waals surface area contributed by atoms with Crippen LogP contribution >= 0.6 is 27.7 Å². The number of ether oxygens (including phenoxy) is 2. The molecule has 3 rings (SSSR count). The molecule has 0 aliphatic carbocycles. The van der Waals surface area contributed by atoms with Crippen molar-refractivity contribution in [1.82, 2.24) is 9.80 Å². The number of hydrogen-bond acceptors (Lipinski definition) is 6. The van der Waals surface area contributed by atoms with Crippen LogP contribution in [0.5, 0.6) is 5.75 Å². The third-order valence-electron chi connectivity index (χ3n) is 4.82. The van der Waals surface area contributed by atoms with Gasteiger partial charge >= 0.3 is 0 Å². The van der Waals surface area contributed by atoms with Gasteiger partial charge in [-0.1, -0.05) is 13.0 Å². The van der Waals surface area contributed by atoms with Crippen LogP contribution in [0.4, 0.5) is 4.79 Å². The lowest BCUT2D eigenvalue weighted by Crippen LogP contribution is -2.43. The van der Waals surface area contributed by atoms with E-state index in [0.717, 1.165) is 17.3 Å². The minimum atomic E-state index is -0.262. The molecule has 156 valence electrons. The molecule has 0 N–H and O–H groups in total. The quantitative estimate of drug-likeness (QED) is 0.577. The highest BCUT2D eigenvalue weighted by atomic mass is 79.9. The van der Waals surface area contributed by atoms with Crippen molar-refractivity contribution in [3.63, 3.8) is 0 Å². The Hall–Kier alpha value is -1.84. The molecule has 2 aliphatic heterocycles. The van der Waals surface area contributed by atoms with Gasteiger partial charge in [0.05, 0.1) is 22.6 Å². The van der Waals surface area contributed by atoms with E-state index in [9.17, 15) is 14.4 Å². The van der Waals surface area contributed by atoms with Crippen molar-refractivity contribution in [3.8, 4) is 5.75 Å². The maximum Gasteiger partial charge on any atom is 0.293 e. The Morgan fingerprint density at radius 3 is 2.72 bits per heavy atom. The highest BCUT2D eigenvalue weighted by Crippen LogP contribution is 2.35. The van der Waals surface area contributed by atoms with Gasteiger partial charge in [-0.05, 0) is 64.8 Å². The minimum Gasteiger partial charge on any atom is -0.483 e. The summed E-state index contributed by atoms with van der Waals surface area (Å²) in [7, 11) is 0. The van der Waals surface area contributed by atoms with Crippen LogP contribution in [0.1, 0.15) is 25.8 Å². The fourth-order valence-electron chi connectivity index (χ4n) is 2.96. The normalized spacial score (nSPS) is 19.8. The number of thioether (sulfide) groups is 1. The van der Waals surface area contributed by atoms with Crippen molar-refractivity contribution >= 4 is 50.8 Å². The number of imide groups is 1. The number of halogens is 1. The van der Waals surface area contributed by atoms with Crippen LogP contribution in [-0.2, 0) is 14.3 Å². The number of nitrogens with zero attached hydrogens (tertiary/aromatic N) is 2. The van der Waals surface area contributed by atoms with Gasteiger partial charge in [0.15, 0.2) is 6.61 Å². The zero-order valence-electron chi connectivity index (χ0n) is 16.4. The molecule has 1 atom stereocenters. The van der Waals surface area contributed by atoms with Crippen LogP contribution in [0.2, 0.25) is 0 Å². The fourth-order valence-corrected chi connectivity index (χ4v) is 4.40. The van der Waals surface area contributed by atoms with Gasteiger partial charge in [-0.15, -0.1) is 0 Å². The zero-order valence-corrected chi connectivity index (χ0v) is 18.8. The molecule has 0 bridgehead atoms. The molecule has 0 spiro atoms. The van der Waals surface area contributed by atoms with Crippen LogP contribution in [0.25, 0.3) is 6.08 Å². The first-order valence-electron chi connectivity index (χ1n) is 9.45. The lowest BCUT2D eigenvalue weighted by Gasteiger charge is -2.26. The summed E-state index contributed by atoms with van der Waals surface area (Å²) in [6.45, 7) is 6.00. The molecule has 2 saturated heterocycles. The third-order valence-corrected chi connectivity index (χ3v) is 6.33. The third kappa shape index (κ3) is 5.21. The lowest BCUT2D eigenvalue weighted by molar-refractivity contribution is -0.137. The number of rotatable bonds is 6. The summed E-state index contributed by atoms with van der Waals surface area (Å²) in [6, 6.07) is 5.20. The lowest BCUT2D eigenvalue weighted by atomic mass is 10.2. The van der Waals surface area contributed by atoms with Crippen LogP contribution in [0, 0.1) is 0 Å². The SMILES string of the molecule is CC[C@@H](C)N1C(=O)S/C(=C/c2ccc(OCC(=O)N3CCOCC3)c(Br)c2)C1=O. The maximum atomic E-state index is 12.5. The van der Waals surface area contributed by atoms with Crippen molar-refractivity contribution in [2.24, 2.45) is 0 Å². The first-order valence-corrected chi connectivity index (χ1v) is 11.1. The molecular formula is C20H23BrN2O5S. The number of hydrogen-bond donors (Lipinski definition) is 0. The molecule has 29 heavy (non-hydrogen) atoms. The van der Waals surface area contributed by atoms with Gasteiger partial charge in [-0.25, -0.2) is 0 Å². The fraction of sp³-hybridized carbons (Fsp3) is 0.450. The summed E-state index contributed by atoms with van der Waals surface area (Å²) in [5, 5.41) is -0.240. The van der Waals surface area contributed by atoms with Gasteiger partial charge in [-0.3, -0.25) is 19.3 Å². The van der Waals surface area contributed by atoms with E-state index in [1.807, 2.05) is 13.8 Å². The van der Waals surface area contributed by atoms with Crippen molar-refractivity contribution < 1.29 is 23.9 Å². The zero-order chi connectivity index (χ0) is 21.0. The van der Waals surface area contributed by atoms with Crippen molar-refractivity contribution in [2.75, 3.05) is 32.9 Å². The summed E-state index contributed by atoms with van der Waals surface area (Å²) < 4.78 is 11.6. The molecule has 9 heteroatoms. The van der Waals surface area contributed by atoms with Gasteiger partial charge in [0.25, 0.3) is 17.1 Å². The summed E-state index contributed by atoms with van der Waals surface area (Å²) in [5.41, 5.74) is 0.762. The second-order valence-corrected chi connectivity index (χ2v) is 8.63. The van der Waals surface area contributed by atoms with Crippen molar-refractivity contribution in [3.05, 3.63) is 33.1 Å². The summed E-state index contributed by atoms with van der Waals surface area (Å²) in [4.78, 5) is 40.3. The molecule has 0 saturated carbocycles. The highest BCUT2D eigenvalue weighted by molar-refractivity contribution is 9.10. The maximum absolute atomic E-state index is 12.5. The number of carbonyl (C=O) groups is 3. The van der Waals surface area contributed by atoms with E-state index in [2.05, 4.69) is 15.9 Å². The largest absolute Gasteiger partial charge is 0.483 e. The summed E-state index contributed by atoms with van der Waals surface area (Å²) >= 11 is 4.40. The molecule has 2 heterocycles. The molecule has 3 amide bonds. The van der Waals surface area contributed by atoms with Crippen LogP contribution in [0.15, 0.2) is 27.6 Å². The van der Waals surface area contributed by atoms with E-state index >= 15 is 0 Å². The standard InChI is InChI=1S/C20H23BrN2O5S/c1-3-13(2)23-19(25)17(29-20(23)26)11-14-4-5-16(15(21)10-14)28-12-18(24)22-6-8-27-9-7-22/h4-5,10-11,13H,3,6-9,12H2,1-2H3/b17-11+/t13-/m1/s1. The summed E-state index contributed by atoms with van der Waals surface area (Å²) in [6.07, 6.45) is 2.41. The monoisotopic (exact) mass is 482 g/mol. The molecule has 1 aromatic carbocycles. The molecule has 0 radical (unpaired) electrons. The Labute approximate surface area is 182 Å². The number of amides is 3. The average Bonchev–Trinajstić information content (AvgIpc) is 3.00. The Kier molecular flexibility index (Phi) is 7.37. The molecule has 2 aliphatic rings. The highest BCUT2D eigenvalue weighted by Gasteiger charge is 2.37. The van der Waals surface area contributed by atoms with Crippen LogP contribution < -0.4 is 4.74 Å². The van der Waals surface area contributed by atoms with Crippen LogP contribution in [0.3, 0.4) is 0 Å². The molecule has 2 fully saturated rings. The van der Waals surface area contributed by atoms with E-state index < -0.39 is 0 Å². The van der Waals surface area contributed by atoms with Gasteiger partial charge in [0, 0.05) is 19.1 Å². The predicted octanol–water partition coefficient (Wildman–Crippen LogP) is 3.52. The van der Waals surface area contributed by atoms with E-state index in [4.69, 9.17) is 9.47 Å². The van der Waals surface area contributed by atoms with Gasteiger partial charge in [0.2, 0.25) is 0 Å². The number of carbonyl (C=O) groups excluding carboxylic acids is 3. The van der Waals surface area contributed by atoms with Crippen molar-refractivity contribution in [2.45, 2.75) is 26.3 Å². The first kappa shape index (κ1) is 21.9. The minimum absolute atomic E-state index is 0.0499. The Morgan fingerprint density at radius 1 is 1.34 bits per heavy atom. The first-order chi connectivity index (χ1) is 13.9. The molecule has 1 aromatic rings. The second kappa shape index (κ2) is 9.77. The molecule has 7 nitrogen and oxygen atoms in total. The Bertz CT molecular complexity index is 838. The summed E-state index contributed by atoms with van der Waals surface area (Å²) in [5.74, 6) is 0.196. The average molecular weight is 483 g/mol. The topological polar surface area (TPSA) is 76.2 Å². The molecule has 0 unspecified atom stereocenters. The second-order valence-electron chi connectivity index (χ2n) is 6.78. The smallest absolute Gasteiger partial charge is 0.293 e. The van der Waals surface area contributed by atoms with Gasteiger partial charge in [0.1, 0.15) is 5.75 Å². The van der Waals surface area contributed by atoms with Crippen LogP contribution in [-0.4, -0.2) is 65.8 Å². The van der Waals surface area contributed by atoms with Gasteiger partial charge < -0.3 is 14.4 Å². The number of benzene rings is 1. The Balaban J connectivity index is 1.65. The van der Waals surface area contributed by atoms with Gasteiger partial charge in [-0.2, -0.15) is 0 Å².